The van der Waals surface area contributed by atoms with Gasteiger partial charge >= 0.3 is 0 Å². The molecule has 1 atom stereocenters. The van der Waals surface area contributed by atoms with Gasteiger partial charge in [0.1, 0.15) is 11.9 Å². The highest BCUT2D eigenvalue weighted by molar-refractivity contribution is 9.10. The van der Waals surface area contributed by atoms with Gasteiger partial charge in [-0.25, -0.2) is 0 Å². The van der Waals surface area contributed by atoms with Crippen LogP contribution in [0.25, 0.3) is 0 Å². The Kier molecular flexibility index (Phi) is 4.45. The first kappa shape index (κ1) is 12.9. The van der Waals surface area contributed by atoms with Crippen LogP contribution in [0.3, 0.4) is 0 Å². The first-order valence-corrected chi connectivity index (χ1v) is 7.16. The lowest BCUT2D eigenvalue weighted by Crippen LogP contribution is -2.17. The Bertz CT molecular complexity index is 489. The van der Waals surface area contributed by atoms with Gasteiger partial charge in [0.05, 0.1) is 4.47 Å². The molecule has 0 saturated carbocycles. The summed E-state index contributed by atoms with van der Waals surface area (Å²) in [4.78, 5) is 0. The molecule has 1 aromatic carbocycles. The summed E-state index contributed by atoms with van der Waals surface area (Å²) in [6, 6.07) is 7.45. The van der Waals surface area contributed by atoms with E-state index in [2.05, 4.69) is 15.9 Å². The van der Waals surface area contributed by atoms with Gasteiger partial charge in [0, 0.05) is 17.1 Å². The number of thiophene rings is 1. The molecule has 0 aliphatic carbocycles. The third-order valence-corrected chi connectivity index (χ3v) is 3.85. The highest BCUT2D eigenvalue weighted by atomic mass is 79.9. The van der Waals surface area contributed by atoms with Gasteiger partial charge in [-0.15, -0.1) is 0 Å². The van der Waals surface area contributed by atoms with Crippen LogP contribution in [-0.2, 0) is 0 Å². The lowest BCUT2D eigenvalue weighted by atomic mass is 10.2. The van der Waals surface area contributed by atoms with Crippen molar-refractivity contribution in [1.29, 1.82) is 0 Å². The zero-order valence-corrected chi connectivity index (χ0v) is 12.1. The van der Waals surface area contributed by atoms with E-state index in [0.29, 0.717) is 11.6 Å². The Morgan fingerprint density at radius 3 is 2.82 bits per heavy atom. The third kappa shape index (κ3) is 3.22. The molecule has 17 heavy (non-hydrogen) atoms. The van der Waals surface area contributed by atoms with Gasteiger partial charge in [-0.1, -0.05) is 11.6 Å². The fraction of sp³-hybridized carbons (Fsp3) is 0.167. The van der Waals surface area contributed by atoms with Gasteiger partial charge in [0.2, 0.25) is 0 Å². The topological polar surface area (TPSA) is 35.2 Å². The van der Waals surface area contributed by atoms with Crippen LogP contribution in [0, 0.1) is 0 Å². The molecule has 2 N–H and O–H groups in total. The standard InChI is InChI=1S/C12H11BrClNOS/c13-10-5-9(14)1-2-11(10)16-12(6-15)8-3-4-17-7-8/h1-5,7,12H,6,15H2. The predicted molar refractivity (Wildman–Crippen MR) is 75.9 cm³/mol. The normalized spacial score (nSPS) is 12.4. The summed E-state index contributed by atoms with van der Waals surface area (Å²) in [5, 5.41) is 4.73. The monoisotopic (exact) mass is 331 g/mol. The van der Waals surface area contributed by atoms with Gasteiger partial charge in [-0.2, -0.15) is 11.3 Å². The second kappa shape index (κ2) is 5.87. The molecule has 0 radical (unpaired) electrons. The number of hydrogen-bond acceptors (Lipinski definition) is 3. The number of nitrogens with two attached hydrogens (primary N) is 1. The van der Waals surface area contributed by atoms with Gasteiger partial charge in [-0.3, -0.25) is 0 Å². The fourth-order valence-corrected chi connectivity index (χ4v) is 2.91. The minimum absolute atomic E-state index is 0.126. The maximum Gasteiger partial charge on any atom is 0.137 e. The molecular weight excluding hydrogens is 322 g/mol. The summed E-state index contributed by atoms with van der Waals surface area (Å²) in [6.45, 7) is 0.436. The summed E-state index contributed by atoms with van der Waals surface area (Å²) in [6.07, 6.45) is -0.126. The second-order valence-corrected chi connectivity index (χ2v) is 5.54. The molecule has 2 aromatic rings. The molecule has 90 valence electrons. The molecule has 0 aliphatic rings. The van der Waals surface area contributed by atoms with Crippen LogP contribution in [0.5, 0.6) is 5.75 Å². The minimum Gasteiger partial charge on any atom is -0.483 e. The van der Waals surface area contributed by atoms with Crippen LogP contribution >= 0.6 is 38.9 Å². The average Bonchev–Trinajstić information content (AvgIpc) is 2.81. The Morgan fingerprint density at radius 2 is 2.24 bits per heavy atom. The predicted octanol–water partition coefficient (Wildman–Crippen LogP) is 4.24. The van der Waals surface area contributed by atoms with Crippen molar-refractivity contribution in [1.82, 2.24) is 0 Å². The van der Waals surface area contributed by atoms with E-state index < -0.39 is 0 Å². The van der Waals surface area contributed by atoms with Crippen molar-refractivity contribution in [3.05, 3.63) is 50.1 Å². The summed E-state index contributed by atoms with van der Waals surface area (Å²) in [7, 11) is 0. The van der Waals surface area contributed by atoms with Crippen LogP contribution < -0.4 is 10.5 Å². The molecule has 1 aromatic heterocycles. The van der Waals surface area contributed by atoms with Crippen LogP contribution in [0.1, 0.15) is 11.7 Å². The largest absolute Gasteiger partial charge is 0.483 e. The molecule has 1 heterocycles. The molecule has 0 fully saturated rings. The smallest absolute Gasteiger partial charge is 0.137 e. The Hall–Kier alpha value is -0.550. The lowest BCUT2D eigenvalue weighted by molar-refractivity contribution is 0.213. The van der Waals surface area contributed by atoms with E-state index in [1.807, 2.05) is 22.9 Å². The zero-order chi connectivity index (χ0) is 12.3. The van der Waals surface area contributed by atoms with Crippen molar-refractivity contribution in [2.45, 2.75) is 6.10 Å². The quantitative estimate of drug-likeness (QED) is 0.908. The fourth-order valence-electron chi connectivity index (χ4n) is 1.43. The Morgan fingerprint density at radius 1 is 1.41 bits per heavy atom. The Labute approximate surface area is 117 Å². The molecule has 2 rings (SSSR count). The lowest BCUT2D eigenvalue weighted by Gasteiger charge is -2.17. The maximum atomic E-state index is 5.88. The highest BCUT2D eigenvalue weighted by Crippen LogP contribution is 2.31. The van der Waals surface area contributed by atoms with E-state index in [0.717, 1.165) is 15.8 Å². The van der Waals surface area contributed by atoms with E-state index in [4.69, 9.17) is 22.1 Å². The number of hydrogen-bond donors (Lipinski definition) is 1. The summed E-state index contributed by atoms with van der Waals surface area (Å²) >= 11 is 10.9. The summed E-state index contributed by atoms with van der Waals surface area (Å²) in [5.74, 6) is 0.746. The van der Waals surface area contributed by atoms with Crippen LogP contribution in [0.4, 0.5) is 0 Å². The van der Waals surface area contributed by atoms with Crippen molar-refractivity contribution in [2.24, 2.45) is 5.73 Å². The molecule has 1 unspecified atom stereocenters. The van der Waals surface area contributed by atoms with Gasteiger partial charge in [-0.05, 0) is 51.0 Å². The molecular formula is C12H11BrClNOS. The number of rotatable bonds is 4. The zero-order valence-electron chi connectivity index (χ0n) is 8.90. The SMILES string of the molecule is NCC(Oc1ccc(Cl)cc1Br)c1ccsc1. The number of benzene rings is 1. The van der Waals surface area contributed by atoms with Crippen molar-refractivity contribution in [3.8, 4) is 5.75 Å². The first-order chi connectivity index (χ1) is 8.20. The van der Waals surface area contributed by atoms with Gasteiger partial charge in [0.15, 0.2) is 0 Å². The molecule has 0 amide bonds. The van der Waals surface area contributed by atoms with Gasteiger partial charge < -0.3 is 10.5 Å². The van der Waals surface area contributed by atoms with Crippen LogP contribution in [0.2, 0.25) is 5.02 Å². The van der Waals surface area contributed by atoms with Crippen LogP contribution in [0.15, 0.2) is 39.5 Å². The van der Waals surface area contributed by atoms with Crippen molar-refractivity contribution >= 4 is 38.9 Å². The Balaban J connectivity index is 2.19. The minimum atomic E-state index is -0.126. The van der Waals surface area contributed by atoms with E-state index in [9.17, 15) is 0 Å². The number of ether oxygens (including phenoxy) is 1. The maximum absolute atomic E-state index is 5.88. The van der Waals surface area contributed by atoms with Gasteiger partial charge in [0.25, 0.3) is 0 Å². The van der Waals surface area contributed by atoms with E-state index >= 15 is 0 Å². The second-order valence-electron chi connectivity index (χ2n) is 3.47. The number of halogens is 2. The molecule has 0 spiro atoms. The first-order valence-electron chi connectivity index (χ1n) is 5.04. The van der Waals surface area contributed by atoms with Crippen molar-refractivity contribution in [2.75, 3.05) is 6.54 Å². The van der Waals surface area contributed by atoms with E-state index in [1.165, 1.54) is 0 Å². The molecule has 0 saturated heterocycles. The highest BCUT2D eigenvalue weighted by Gasteiger charge is 2.13. The molecule has 0 aliphatic heterocycles. The van der Waals surface area contributed by atoms with E-state index in [1.54, 1.807) is 23.5 Å². The molecule has 5 heteroatoms. The molecule has 2 nitrogen and oxygen atoms in total. The van der Waals surface area contributed by atoms with E-state index in [-0.39, 0.29) is 6.10 Å². The summed E-state index contributed by atoms with van der Waals surface area (Å²) in [5.41, 5.74) is 6.83. The summed E-state index contributed by atoms with van der Waals surface area (Å²) < 4.78 is 6.70. The van der Waals surface area contributed by atoms with Crippen molar-refractivity contribution in [3.63, 3.8) is 0 Å². The average molecular weight is 333 g/mol. The molecule has 0 bridgehead atoms. The third-order valence-electron chi connectivity index (χ3n) is 2.29. The van der Waals surface area contributed by atoms with Crippen LogP contribution in [-0.4, -0.2) is 6.54 Å². The van der Waals surface area contributed by atoms with Crippen molar-refractivity contribution < 1.29 is 4.74 Å².